The van der Waals surface area contributed by atoms with Gasteiger partial charge in [-0.15, -0.1) is 6.58 Å². The first kappa shape index (κ1) is 15.8. The molecule has 0 N–H and O–H groups in total. The number of Topliss-reactive ketones (excluding diaryl/α,β-unsaturated/α-hetero) is 1. The van der Waals surface area contributed by atoms with Crippen molar-refractivity contribution < 1.29 is 9.53 Å². The molecule has 21 heavy (non-hydrogen) atoms. The molecule has 2 aromatic carbocycles. The lowest BCUT2D eigenvalue weighted by Gasteiger charge is -2.18. The lowest BCUT2D eigenvalue weighted by Crippen LogP contribution is -2.17. The van der Waals surface area contributed by atoms with E-state index in [1.165, 1.54) is 0 Å². The second kappa shape index (κ2) is 7.41. The Kier molecular flexibility index (Phi) is 5.57. The maximum atomic E-state index is 12.7. The molecule has 0 unspecified atom stereocenters. The van der Waals surface area contributed by atoms with E-state index in [9.17, 15) is 4.79 Å². The monoisotopic (exact) mass is 320 g/mol. The summed E-state index contributed by atoms with van der Waals surface area (Å²) in [4.78, 5) is 12.7. The summed E-state index contributed by atoms with van der Waals surface area (Å²) in [5.41, 5.74) is 1.03. The van der Waals surface area contributed by atoms with Gasteiger partial charge in [0.25, 0.3) is 0 Å². The molecule has 0 spiro atoms. The lowest BCUT2D eigenvalue weighted by atomic mass is 9.99. The number of ketones is 1. The lowest BCUT2D eigenvalue weighted by molar-refractivity contribution is 0.0504. The average Bonchev–Trinajstić information content (AvgIpc) is 2.49. The molecule has 0 radical (unpaired) electrons. The van der Waals surface area contributed by atoms with E-state index in [0.29, 0.717) is 21.2 Å². The third-order valence-electron chi connectivity index (χ3n) is 2.95. The second-order valence-corrected chi connectivity index (χ2v) is 5.18. The predicted molar refractivity (Wildman–Crippen MR) is 86.1 cm³/mol. The number of rotatable bonds is 6. The molecule has 2 aromatic rings. The van der Waals surface area contributed by atoms with E-state index >= 15 is 0 Å². The van der Waals surface area contributed by atoms with Crippen LogP contribution in [0.4, 0.5) is 0 Å². The van der Waals surface area contributed by atoms with Crippen LogP contribution in [0.25, 0.3) is 0 Å². The zero-order valence-electron chi connectivity index (χ0n) is 11.3. The number of hydrogen-bond acceptors (Lipinski definition) is 2. The SMILES string of the molecule is C=CCO[C@@H](C(=O)c1ccccc1Cl)c1ccccc1Cl. The van der Waals surface area contributed by atoms with Crippen molar-refractivity contribution in [3.63, 3.8) is 0 Å². The average molecular weight is 321 g/mol. The molecule has 0 aliphatic rings. The van der Waals surface area contributed by atoms with Gasteiger partial charge in [-0.25, -0.2) is 0 Å². The molecule has 1 atom stereocenters. The second-order valence-electron chi connectivity index (χ2n) is 4.37. The Bertz CT molecular complexity index is 653. The van der Waals surface area contributed by atoms with E-state index in [0.717, 1.165) is 0 Å². The first-order valence-corrected chi connectivity index (χ1v) is 7.16. The Morgan fingerprint density at radius 3 is 2.33 bits per heavy atom. The summed E-state index contributed by atoms with van der Waals surface area (Å²) in [6.45, 7) is 3.85. The third kappa shape index (κ3) is 3.73. The summed E-state index contributed by atoms with van der Waals surface area (Å²) in [5, 5.41) is 0.869. The molecule has 0 heterocycles. The summed E-state index contributed by atoms with van der Waals surface area (Å²) in [6, 6.07) is 14.0. The van der Waals surface area contributed by atoms with Crippen LogP contribution in [0.2, 0.25) is 10.0 Å². The van der Waals surface area contributed by atoms with Crippen molar-refractivity contribution in [2.75, 3.05) is 6.61 Å². The Balaban J connectivity index is 2.41. The molecule has 0 aliphatic carbocycles. The van der Waals surface area contributed by atoms with Gasteiger partial charge >= 0.3 is 0 Å². The van der Waals surface area contributed by atoms with E-state index in [4.69, 9.17) is 27.9 Å². The molecule has 0 aromatic heterocycles. The summed E-state index contributed by atoms with van der Waals surface area (Å²) < 4.78 is 5.62. The van der Waals surface area contributed by atoms with Crippen molar-refractivity contribution in [2.45, 2.75) is 6.10 Å². The van der Waals surface area contributed by atoms with Crippen molar-refractivity contribution in [1.82, 2.24) is 0 Å². The van der Waals surface area contributed by atoms with Gasteiger partial charge in [-0.05, 0) is 18.2 Å². The highest BCUT2D eigenvalue weighted by atomic mass is 35.5. The van der Waals surface area contributed by atoms with Gasteiger partial charge in [-0.2, -0.15) is 0 Å². The maximum Gasteiger partial charge on any atom is 0.197 e. The zero-order chi connectivity index (χ0) is 15.2. The third-order valence-corrected chi connectivity index (χ3v) is 3.62. The normalized spacial score (nSPS) is 11.9. The quantitative estimate of drug-likeness (QED) is 0.545. The van der Waals surface area contributed by atoms with Gasteiger partial charge in [-0.1, -0.05) is 59.6 Å². The molecule has 108 valence electrons. The predicted octanol–water partition coefficient (Wildman–Crippen LogP) is 5.12. The van der Waals surface area contributed by atoms with Gasteiger partial charge in [-0.3, -0.25) is 4.79 Å². The van der Waals surface area contributed by atoms with Crippen molar-refractivity contribution in [3.8, 4) is 0 Å². The minimum Gasteiger partial charge on any atom is -0.361 e. The first-order valence-electron chi connectivity index (χ1n) is 6.41. The van der Waals surface area contributed by atoms with Crippen molar-refractivity contribution in [3.05, 3.63) is 82.4 Å². The van der Waals surface area contributed by atoms with Gasteiger partial charge in [0.1, 0.15) is 6.10 Å². The van der Waals surface area contributed by atoms with Crippen molar-refractivity contribution in [1.29, 1.82) is 0 Å². The Morgan fingerprint density at radius 1 is 1.10 bits per heavy atom. The highest BCUT2D eigenvalue weighted by Crippen LogP contribution is 2.30. The zero-order valence-corrected chi connectivity index (χ0v) is 12.8. The van der Waals surface area contributed by atoms with Crippen molar-refractivity contribution in [2.24, 2.45) is 0 Å². The largest absolute Gasteiger partial charge is 0.361 e. The number of hydrogen-bond donors (Lipinski definition) is 0. The molecule has 4 heteroatoms. The van der Waals surface area contributed by atoms with Crippen LogP contribution in [0.15, 0.2) is 61.2 Å². The fourth-order valence-corrected chi connectivity index (χ4v) is 2.42. The van der Waals surface area contributed by atoms with Crippen LogP contribution in [0, 0.1) is 0 Å². The molecule has 0 bridgehead atoms. The highest BCUT2D eigenvalue weighted by molar-refractivity contribution is 6.34. The Morgan fingerprint density at radius 2 is 1.71 bits per heavy atom. The Labute approximate surface area is 134 Å². The molecule has 2 rings (SSSR count). The van der Waals surface area contributed by atoms with E-state index in [-0.39, 0.29) is 12.4 Å². The Hall–Kier alpha value is -1.61. The van der Waals surface area contributed by atoms with E-state index < -0.39 is 6.10 Å². The molecule has 0 saturated heterocycles. The molecular weight excluding hydrogens is 307 g/mol. The van der Waals surface area contributed by atoms with Gasteiger partial charge < -0.3 is 4.74 Å². The molecular formula is C17H14Cl2O2. The molecule has 2 nitrogen and oxygen atoms in total. The van der Waals surface area contributed by atoms with Crippen molar-refractivity contribution >= 4 is 29.0 Å². The molecule has 0 amide bonds. The summed E-state index contributed by atoms with van der Waals surface area (Å²) in [6.07, 6.45) is 0.778. The maximum absolute atomic E-state index is 12.7. The number of benzene rings is 2. The molecule has 0 fully saturated rings. The highest BCUT2D eigenvalue weighted by Gasteiger charge is 2.25. The molecule has 0 aliphatic heterocycles. The fraction of sp³-hybridized carbons (Fsp3) is 0.118. The first-order chi connectivity index (χ1) is 10.1. The van der Waals surface area contributed by atoms with Crippen LogP contribution in [0.5, 0.6) is 0 Å². The van der Waals surface area contributed by atoms with E-state index in [2.05, 4.69) is 6.58 Å². The standard InChI is InChI=1S/C17H14Cl2O2/c1-2-11-21-17(13-8-4-6-10-15(13)19)16(20)12-7-3-5-9-14(12)18/h2-10,17H,1,11H2/t17-/m1/s1. The summed E-state index contributed by atoms with van der Waals surface area (Å²) in [5.74, 6) is -0.226. The van der Waals surface area contributed by atoms with E-state index in [1.807, 2.05) is 6.07 Å². The summed E-state index contributed by atoms with van der Waals surface area (Å²) in [7, 11) is 0. The number of ether oxygens (including phenoxy) is 1. The van der Waals surface area contributed by atoms with Crippen LogP contribution in [0.3, 0.4) is 0 Å². The number of carbonyl (C=O) groups is 1. The van der Waals surface area contributed by atoms with Gasteiger partial charge in [0, 0.05) is 16.1 Å². The van der Waals surface area contributed by atoms with Crippen LogP contribution in [-0.4, -0.2) is 12.4 Å². The van der Waals surface area contributed by atoms with Gasteiger partial charge in [0.2, 0.25) is 0 Å². The van der Waals surface area contributed by atoms with Gasteiger partial charge in [0.15, 0.2) is 5.78 Å². The van der Waals surface area contributed by atoms with Crippen LogP contribution in [-0.2, 0) is 4.74 Å². The smallest absolute Gasteiger partial charge is 0.197 e. The van der Waals surface area contributed by atoms with Gasteiger partial charge in [0.05, 0.1) is 11.6 Å². The summed E-state index contributed by atoms with van der Waals surface area (Å²) >= 11 is 12.3. The molecule has 0 saturated carbocycles. The van der Waals surface area contributed by atoms with Crippen LogP contribution < -0.4 is 0 Å². The van der Waals surface area contributed by atoms with Crippen LogP contribution in [0.1, 0.15) is 22.0 Å². The fourth-order valence-electron chi connectivity index (χ4n) is 1.96. The number of carbonyl (C=O) groups excluding carboxylic acids is 1. The van der Waals surface area contributed by atoms with E-state index in [1.54, 1.807) is 48.5 Å². The number of halogens is 2. The van der Waals surface area contributed by atoms with Crippen LogP contribution >= 0.6 is 23.2 Å². The minimum absolute atomic E-state index is 0.226. The minimum atomic E-state index is -0.809. The topological polar surface area (TPSA) is 26.3 Å².